The Morgan fingerprint density at radius 2 is 1.79 bits per heavy atom. The van der Waals surface area contributed by atoms with Crippen LogP contribution in [0.25, 0.3) is 0 Å². The van der Waals surface area contributed by atoms with Crippen LogP contribution >= 0.6 is 0 Å². The molecule has 5 unspecified atom stereocenters. The number of nitrogens with one attached hydrogen (secondary N) is 1. The Labute approximate surface area is 177 Å². The molecule has 0 saturated carbocycles. The van der Waals surface area contributed by atoms with Gasteiger partial charge in [-0.25, -0.2) is 4.79 Å². The summed E-state index contributed by atoms with van der Waals surface area (Å²) in [5.41, 5.74) is 0.671. The Kier molecular flexibility index (Phi) is 7.74. The van der Waals surface area contributed by atoms with Gasteiger partial charge in [-0.3, -0.25) is 4.84 Å². The number of alkyl carbamates (subject to hydrolysis) is 1. The van der Waals surface area contributed by atoms with E-state index in [0.29, 0.717) is 0 Å². The average molecular weight is 405 g/mol. The van der Waals surface area contributed by atoms with E-state index in [2.05, 4.69) is 64.1 Å². The third-order valence-electron chi connectivity index (χ3n) is 6.81. The minimum absolute atomic E-state index is 0.0538. The molecule has 0 spiro atoms. The maximum Gasteiger partial charge on any atom is 0.407 e. The maximum absolute atomic E-state index is 12.3. The third-order valence-corrected chi connectivity index (χ3v) is 6.81. The van der Waals surface area contributed by atoms with Crippen molar-refractivity contribution >= 4 is 6.09 Å². The summed E-state index contributed by atoms with van der Waals surface area (Å²) in [5.74, 6) is 0.132. The van der Waals surface area contributed by atoms with Crippen molar-refractivity contribution in [3.63, 3.8) is 0 Å². The molecule has 1 aromatic carbocycles. The van der Waals surface area contributed by atoms with Crippen molar-refractivity contribution in [1.82, 2.24) is 10.4 Å². The first kappa shape index (κ1) is 23.7. The van der Waals surface area contributed by atoms with Gasteiger partial charge in [0.25, 0.3) is 0 Å². The molecular weight excluding hydrogens is 364 g/mol. The number of benzene rings is 1. The lowest BCUT2D eigenvalue weighted by Crippen LogP contribution is -2.68. The number of piperidine rings is 1. The van der Waals surface area contributed by atoms with Gasteiger partial charge < -0.3 is 10.1 Å². The molecule has 1 aromatic rings. The molecule has 2 rings (SSSR count). The summed E-state index contributed by atoms with van der Waals surface area (Å²) in [6, 6.07) is 10.4. The molecule has 1 fully saturated rings. The second-order valence-corrected chi connectivity index (χ2v) is 9.25. The van der Waals surface area contributed by atoms with Gasteiger partial charge in [0, 0.05) is 29.5 Å². The van der Waals surface area contributed by atoms with E-state index < -0.39 is 0 Å². The van der Waals surface area contributed by atoms with Crippen LogP contribution in [0.1, 0.15) is 86.3 Å². The summed E-state index contributed by atoms with van der Waals surface area (Å²) in [6.45, 7) is 17.0. The Morgan fingerprint density at radius 3 is 2.31 bits per heavy atom. The molecule has 164 valence electrons. The lowest BCUT2D eigenvalue weighted by atomic mass is 9.69. The number of ether oxygens (including phenoxy) is 1. The van der Waals surface area contributed by atoms with Crippen LogP contribution in [0, 0.1) is 5.92 Å². The fourth-order valence-corrected chi connectivity index (χ4v) is 4.39. The highest BCUT2D eigenvalue weighted by molar-refractivity contribution is 5.67. The highest BCUT2D eigenvalue weighted by Gasteiger charge is 2.55. The van der Waals surface area contributed by atoms with Crippen molar-refractivity contribution in [3.8, 4) is 0 Å². The van der Waals surface area contributed by atoms with Gasteiger partial charge in [-0.05, 0) is 53.0 Å². The predicted octanol–water partition coefficient (Wildman–Crippen LogP) is 5.86. The topological polar surface area (TPSA) is 50.8 Å². The van der Waals surface area contributed by atoms with E-state index in [9.17, 15) is 4.79 Å². The van der Waals surface area contributed by atoms with Crippen LogP contribution < -0.4 is 5.32 Å². The fourth-order valence-electron chi connectivity index (χ4n) is 4.39. The largest absolute Gasteiger partial charge is 0.446 e. The number of carbonyl (C=O) groups excluding carboxylic acids is 1. The van der Waals surface area contributed by atoms with E-state index in [0.717, 1.165) is 24.8 Å². The van der Waals surface area contributed by atoms with Crippen molar-refractivity contribution < 1.29 is 14.4 Å². The van der Waals surface area contributed by atoms with Crippen LogP contribution in [0.15, 0.2) is 30.3 Å². The van der Waals surface area contributed by atoms with Crippen molar-refractivity contribution in [2.45, 2.75) is 104 Å². The highest BCUT2D eigenvalue weighted by Crippen LogP contribution is 2.48. The van der Waals surface area contributed by atoms with E-state index in [1.807, 2.05) is 32.0 Å². The van der Waals surface area contributed by atoms with E-state index in [-0.39, 0.29) is 41.3 Å². The van der Waals surface area contributed by atoms with Crippen LogP contribution in [-0.2, 0) is 9.57 Å². The van der Waals surface area contributed by atoms with E-state index in [1.54, 1.807) is 0 Å². The summed E-state index contributed by atoms with van der Waals surface area (Å²) >= 11 is 0. The molecule has 0 aromatic heterocycles. The molecule has 1 aliphatic heterocycles. The first-order valence-electron chi connectivity index (χ1n) is 11.1. The number of nitrogens with zero attached hydrogens (tertiary/aromatic N) is 1. The van der Waals surface area contributed by atoms with Crippen LogP contribution in [0.4, 0.5) is 4.79 Å². The highest BCUT2D eigenvalue weighted by atomic mass is 16.7. The van der Waals surface area contributed by atoms with Gasteiger partial charge in [-0.15, -0.1) is 0 Å². The first-order valence-corrected chi connectivity index (χ1v) is 11.1. The second kappa shape index (κ2) is 9.48. The summed E-state index contributed by atoms with van der Waals surface area (Å²) in [4.78, 5) is 19.0. The minimum atomic E-state index is -0.333. The zero-order valence-electron chi connectivity index (χ0n) is 19.5. The minimum Gasteiger partial charge on any atom is -0.446 e. The summed E-state index contributed by atoms with van der Waals surface area (Å²) in [7, 11) is 0. The number of carbonyl (C=O) groups is 1. The van der Waals surface area contributed by atoms with Crippen LogP contribution in [-0.4, -0.2) is 34.4 Å². The molecule has 0 aliphatic carbocycles. The second-order valence-electron chi connectivity index (χ2n) is 9.25. The molecule has 0 radical (unpaired) electrons. The Morgan fingerprint density at radius 1 is 1.17 bits per heavy atom. The summed E-state index contributed by atoms with van der Waals surface area (Å²) in [5, 5.41) is 5.08. The molecule has 5 heteroatoms. The Balaban J connectivity index is 2.30. The molecule has 1 aliphatic rings. The monoisotopic (exact) mass is 404 g/mol. The molecule has 5 atom stereocenters. The van der Waals surface area contributed by atoms with Gasteiger partial charge in [-0.2, -0.15) is 5.06 Å². The van der Waals surface area contributed by atoms with Crippen molar-refractivity contribution in [2.75, 3.05) is 0 Å². The van der Waals surface area contributed by atoms with E-state index in [4.69, 9.17) is 9.57 Å². The fraction of sp³-hybridized carbons (Fsp3) is 0.708. The average Bonchev–Trinajstić information content (AvgIpc) is 2.69. The number of rotatable bonds is 7. The van der Waals surface area contributed by atoms with Gasteiger partial charge in [0.05, 0.1) is 0 Å². The van der Waals surface area contributed by atoms with Crippen molar-refractivity contribution in [2.24, 2.45) is 5.92 Å². The zero-order valence-corrected chi connectivity index (χ0v) is 19.5. The molecule has 1 heterocycles. The molecule has 1 saturated heterocycles. The van der Waals surface area contributed by atoms with Gasteiger partial charge in [-0.1, -0.05) is 51.1 Å². The molecule has 5 nitrogen and oxygen atoms in total. The first-order chi connectivity index (χ1) is 13.6. The third kappa shape index (κ3) is 5.13. The van der Waals surface area contributed by atoms with Gasteiger partial charge in [0.1, 0.15) is 12.2 Å². The summed E-state index contributed by atoms with van der Waals surface area (Å²) < 4.78 is 5.91. The molecular formula is C24H40N2O3. The van der Waals surface area contributed by atoms with E-state index in [1.165, 1.54) is 0 Å². The standard InChI is InChI=1S/C24H40N2O3/c1-9-23(7)16-21(28-22(27)25-17(3)4)18(5)24(8,10-2)26(23)29-19(6)20-14-12-11-13-15-20/h11-15,17-19,21H,9-10,16H2,1-8H3,(H,25,27). The normalized spacial score (nSPS) is 31.5. The van der Waals surface area contributed by atoms with Crippen molar-refractivity contribution in [1.29, 1.82) is 0 Å². The number of amides is 1. The lowest BCUT2D eigenvalue weighted by molar-refractivity contribution is -0.335. The number of hydrogen-bond donors (Lipinski definition) is 1. The van der Waals surface area contributed by atoms with E-state index >= 15 is 0 Å². The Bertz CT molecular complexity index is 665. The van der Waals surface area contributed by atoms with Crippen LogP contribution in [0.5, 0.6) is 0 Å². The van der Waals surface area contributed by atoms with Gasteiger partial charge in [0.2, 0.25) is 0 Å². The molecule has 29 heavy (non-hydrogen) atoms. The summed E-state index contributed by atoms with van der Waals surface area (Å²) in [6.07, 6.45) is 2.00. The Hall–Kier alpha value is -1.59. The molecule has 1 amide bonds. The zero-order chi connectivity index (χ0) is 21.8. The molecule has 1 N–H and O–H groups in total. The predicted molar refractivity (Wildman–Crippen MR) is 117 cm³/mol. The van der Waals surface area contributed by atoms with Crippen LogP contribution in [0.2, 0.25) is 0 Å². The number of hydroxylamine groups is 2. The van der Waals surface area contributed by atoms with Gasteiger partial charge in [0.15, 0.2) is 0 Å². The van der Waals surface area contributed by atoms with Crippen molar-refractivity contribution in [3.05, 3.63) is 35.9 Å². The molecule has 0 bridgehead atoms. The quantitative estimate of drug-likeness (QED) is 0.618. The number of hydrogen-bond acceptors (Lipinski definition) is 4. The van der Waals surface area contributed by atoms with Gasteiger partial charge >= 0.3 is 6.09 Å². The van der Waals surface area contributed by atoms with Crippen LogP contribution in [0.3, 0.4) is 0 Å². The smallest absolute Gasteiger partial charge is 0.407 e. The lowest BCUT2D eigenvalue weighted by Gasteiger charge is -2.59. The maximum atomic E-state index is 12.3. The SMILES string of the molecule is CCC1(C)CC(OC(=O)NC(C)C)C(C)C(C)(CC)N1OC(C)c1ccccc1.